The predicted molar refractivity (Wildman–Crippen MR) is 77.0 cm³/mol. The number of aryl methyl sites for hydroxylation is 1. The van der Waals surface area contributed by atoms with Gasteiger partial charge < -0.3 is 10.2 Å². The summed E-state index contributed by atoms with van der Waals surface area (Å²) < 4.78 is 0. The highest BCUT2D eigenvalue weighted by molar-refractivity contribution is 7.09. The first-order chi connectivity index (χ1) is 8.69. The van der Waals surface area contributed by atoms with E-state index in [1.54, 1.807) is 11.3 Å². The topological polar surface area (TPSA) is 40.5 Å². The van der Waals surface area contributed by atoms with Crippen LogP contribution in [-0.2, 0) is 6.54 Å². The maximum atomic E-state index is 4.48. The maximum Gasteiger partial charge on any atom is 0.193 e. The van der Waals surface area contributed by atoms with Crippen LogP contribution in [0.2, 0.25) is 0 Å². The second-order valence-corrected chi connectivity index (χ2v) is 5.98. The Morgan fingerprint density at radius 3 is 2.94 bits per heavy atom. The predicted octanol–water partition coefficient (Wildman–Crippen LogP) is 2.26. The minimum Gasteiger partial charge on any atom is -0.356 e. The number of hydrogen-bond donors (Lipinski definition) is 1. The largest absolute Gasteiger partial charge is 0.356 e. The van der Waals surface area contributed by atoms with E-state index in [1.165, 1.54) is 19.3 Å². The van der Waals surface area contributed by atoms with E-state index in [4.69, 9.17) is 0 Å². The van der Waals surface area contributed by atoms with E-state index >= 15 is 0 Å². The third-order valence-corrected chi connectivity index (χ3v) is 3.99. The highest BCUT2D eigenvalue weighted by Gasteiger charge is 2.20. The van der Waals surface area contributed by atoms with E-state index < -0.39 is 0 Å². The molecule has 5 heteroatoms. The summed E-state index contributed by atoms with van der Waals surface area (Å²) in [7, 11) is 3.89. The quantitative estimate of drug-likeness (QED) is 0.656. The van der Waals surface area contributed by atoms with Gasteiger partial charge in [-0.25, -0.2) is 4.98 Å². The zero-order chi connectivity index (χ0) is 13.0. The molecule has 1 aromatic rings. The van der Waals surface area contributed by atoms with Crippen molar-refractivity contribution in [3.05, 3.63) is 16.1 Å². The van der Waals surface area contributed by atoms with Crippen molar-refractivity contribution in [2.45, 2.75) is 32.7 Å². The Morgan fingerprint density at radius 1 is 1.61 bits per heavy atom. The Morgan fingerprint density at radius 2 is 2.39 bits per heavy atom. The SMILES string of the molecule is CN=C(NCCC1CC1)N(C)Cc1csc(C)n1. The van der Waals surface area contributed by atoms with Crippen LogP contribution in [0, 0.1) is 12.8 Å². The molecule has 1 N–H and O–H groups in total. The van der Waals surface area contributed by atoms with Gasteiger partial charge in [0, 0.05) is 26.0 Å². The van der Waals surface area contributed by atoms with Crippen LogP contribution in [-0.4, -0.2) is 36.5 Å². The molecule has 1 aliphatic carbocycles. The van der Waals surface area contributed by atoms with Crippen LogP contribution in [0.25, 0.3) is 0 Å². The van der Waals surface area contributed by atoms with Crippen LogP contribution in [0.15, 0.2) is 10.4 Å². The highest BCUT2D eigenvalue weighted by atomic mass is 32.1. The number of thiazole rings is 1. The lowest BCUT2D eigenvalue weighted by Gasteiger charge is -2.21. The van der Waals surface area contributed by atoms with Crippen LogP contribution in [0.5, 0.6) is 0 Å². The summed E-state index contributed by atoms with van der Waals surface area (Å²) in [5.41, 5.74) is 1.12. The second-order valence-electron chi connectivity index (χ2n) is 4.92. The minimum absolute atomic E-state index is 0.813. The standard InChI is InChI=1S/C13H22N4S/c1-10-16-12(9-18-10)8-17(3)13(14-2)15-7-6-11-4-5-11/h9,11H,4-8H2,1-3H3,(H,14,15). The van der Waals surface area contributed by atoms with Crippen molar-refractivity contribution in [1.82, 2.24) is 15.2 Å². The van der Waals surface area contributed by atoms with Gasteiger partial charge in [0.1, 0.15) is 0 Å². The molecule has 1 aliphatic rings. The maximum absolute atomic E-state index is 4.48. The molecule has 0 amide bonds. The lowest BCUT2D eigenvalue weighted by molar-refractivity contribution is 0.468. The normalized spacial score (nSPS) is 15.8. The number of aromatic nitrogens is 1. The molecule has 100 valence electrons. The Bertz CT molecular complexity index is 409. The zero-order valence-corrected chi connectivity index (χ0v) is 12.3. The molecule has 1 aromatic heterocycles. The molecule has 1 fully saturated rings. The van der Waals surface area contributed by atoms with Crippen LogP contribution < -0.4 is 5.32 Å². The van der Waals surface area contributed by atoms with Crippen molar-refractivity contribution >= 4 is 17.3 Å². The van der Waals surface area contributed by atoms with Gasteiger partial charge >= 0.3 is 0 Å². The van der Waals surface area contributed by atoms with Crippen molar-refractivity contribution in [3.63, 3.8) is 0 Å². The molecule has 2 rings (SSSR count). The van der Waals surface area contributed by atoms with Crippen molar-refractivity contribution in [2.75, 3.05) is 20.6 Å². The third kappa shape index (κ3) is 3.98. The first-order valence-corrected chi connectivity index (χ1v) is 7.40. The minimum atomic E-state index is 0.813. The fraction of sp³-hybridized carbons (Fsp3) is 0.692. The van der Waals surface area contributed by atoms with E-state index in [1.807, 2.05) is 14.0 Å². The number of rotatable bonds is 5. The first kappa shape index (κ1) is 13.3. The molecule has 1 heterocycles. The second kappa shape index (κ2) is 6.18. The number of hydrogen-bond acceptors (Lipinski definition) is 3. The molecule has 0 unspecified atom stereocenters. The summed E-state index contributed by atoms with van der Waals surface area (Å²) >= 11 is 1.70. The molecule has 4 nitrogen and oxygen atoms in total. The van der Waals surface area contributed by atoms with Gasteiger partial charge in [-0.2, -0.15) is 0 Å². The van der Waals surface area contributed by atoms with Crippen molar-refractivity contribution in [2.24, 2.45) is 10.9 Å². The van der Waals surface area contributed by atoms with Crippen LogP contribution in [0.1, 0.15) is 30.0 Å². The van der Waals surface area contributed by atoms with Gasteiger partial charge in [-0.1, -0.05) is 12.8 Å². The van der Waals surface area contributed by atoms with Gasteiger partial charge in [-0.3, -0.25) is 4.99 Å². The molecule has 0 spiro atoms. The number of nitrogens with one attached hydrogen (secondary N) is 1. The zero-order valence-electron chi connectivity index (χ0n) is 11.4. The molecule has 0 bridgehead atoms. The molecule has 0 radical (unpaired) electrons. The van der Waals surface area contributed by atoms with Crippen molar-refractivity contribution in [1.29, 1.82) is 0 Å². The summed E-state index contributed by atoms with van der Waals surface area (Å²) in [5, 5.41) is 6.65. The van der Waals surface area contributed by atoms with E-state index in [0.717, 1.165) is 35.7 Å². The molecular weight excluding hydrogens is 244 g/mol. The van der Waals surface area contributed by atoms with Crippen LogP contribution in [0.3, 0.4) is 0 Å². The van der Waals surface area contributed by atoms with Crippen molar-refractivity contribution < 1.29 is 0 Å². The Hall–Kier alpha value is -1.10. The van der Waals surface area contributed by atoms with E-state index in [9.17, 15) is 0 Å². The summed E-state index contributed by atoms with van der Waals surface area (Å²) in [5.74, 6) is 1.92. The summed E-state index contributed by atoms with van der Waals surface area (Å²) in [6, 6.07) is 0. The first-order valence-electron chi connectivity index (χ1n) is 6.52. The Labute approximate surface area is 113 Å². The fourth-order valence-electron chi connectivity index (χ4n) is 1.98. The number of guanidine groups is 1. The molecule has 1 saturated carbocycles. The number of nitrogens with zero attached hydrogens (tertiary/aromatic N) is 3. The Kier molecular flexibility index (Phi) is 4.58. The smallest absolute Gasteiger partial charge is 0.193 e. The Balaban J connectivity index is 1.78. The average Bonchev–Trinajstić information content (AvgIpc) is 3.08. The molecule has 18 heavy (non-hydrogen) atoms. The molecule has 0 atom stereocenters. The van der Waals surface area contributed by atoms with E-state index in [-0.39, 0.29) is 0 Å². The van der Waals surface area contributed by atoms with Crippen LogP contribution >= 0.6 is 11.3 Å². The average molecular weight is 266 g/mol. The number of aliphatic imine (C=N–C) groups is 1. The molecule has 0 aromatic carbocycles. The lowest BCUT2D eigenvalue weighted by atomic mass is 10.3. The molecule has 0 aliphatic heterocycles. The molecule has 0 saturated heterocycles. The van der Waals surface area contributed by atoms with E-state index in [0.29, 0.717) is 0 Å². The van der Waals surface area contributed by atoms with Gasteiger partial charge in [0.15, 0.2) is 5.96 Å². The van der Waals surface area contributed by atoms with Crippen LogP contribution in [0.4, 0.5) is 0 Å². The highest BCUT2D eigenvalue weighted by Crippen LogP contribution is 2.31. The fourth-order valence-corrected chi connectivity index (χ4v) is 2.58. The van der Waals surface area contributed by atoms with Crippen molar-refractivity contribution in [3.8, 4) is 0 Å². The van der Waals surface area contributed by atoms with Gasteiger partial charge in [0.2, 0.25) is 0 Å². The molecular formula is C13H22N4S. The third-order valence-electron chi connectivity index (χ3n) is 3.17. The summed E-state index contributed by atoms with van der Waals surface area (Å²) in [6.45, 7) is 3.88. The lowest BCUT2D eigenvalue weighted by Crippen LogP contribution is -2.39. The van der Waals surface area contributed by atoms with Gasteiger partial charge in [0.05, 0.1) is 17.2 Å². The monoisotopic (exact) mass is 266 g/mol. The summed E-state index contributed by atoms with van der Waals surface area (Å²) in [4.78, 5) is 10.9. The van der Waals surface area contributed by atoms with Gasteiger partial charge in [-0.15, -0.1) is 11.3 Å². The van der Waals surface area contributed by atoms with Gasteiger partial charge in [0.25, 0.3) is 0 Å². The van der Waals surface area contributed by atoms with Gasteiger partial charge in [-0.05, 0) is 19.3 Å². The van der Waals surface area contributed by atoms with E-state index in [2.05, 4.69) is 32.6 Å². The summed E-state index contributed by atoms with van der Waals surface area (Å²) in [6.07, 6.45) is 4.09.